The number of benzene rings is 1. The third-order valence-electron chi connectivity index (χ3n) is 3.03. The fourth-order valence-corrected chi connectivity index (χ4v) is 2.52. The first kappa shape index (κ1) is 13.1. The van der Waals surface area contributed by atoms with Crippen LogP contribution in [0.2, 0.25) is 0 Å². The van der Waals surface area contributed by atoms with E-state index < -0.39 is 0 Å². The Morgan fingerprint density at radius 1 is 1.44 bits per heavy atom. The maximum absolute atomic E-state index is 12.0. The summed E-state index contributed by atoms with van der Waals surface area (Å²) in [7, 11) is 3.43. The number of carbonyl (C=O) groups is 2. The number of nitrogens with zero attached hydrogens (tertiary/aromatic N) is 2. The van der Waals surface area contributed by atoms with Crippen LogP contribution in [0.1, 0.15) is 6.42 Å². The number of rotatable bonds is 2. The minimum absolute atomic E-state index is 0.00769. The summed E-state index contributed by atoms with van der Waals surface area (Å²) >= 11 is 3.38. The molecule has 0 saturated carbocycles. The minimum atomic E-state index is -0.230. The molecular formula is C13H15BrN2O2. The summed E-state index contributed by atoms with van der Waals surface area (Å²) in [5, 5.41) is 0. The van der Waals surface area contributed by atoms with Crippen molar-refractivity contribution >= 4 is 33.4 Å². The molecule has 0 spiro atoms. The van der Waals surface area contributed by atoms with Gasteiger partial charge < -0.3 is 9.80 Å². The van der Waals surface area contributed by atoms with Gasteiger partial charge in [0.2, 0.25) is 11.8 Å². The van der Waals surface area contributed by atoms with Crippen molar-refractivity contribution in [3.05, 3.63) is 28.7 Å². The average Bonchev–Trinajstić information content (AvgIpc) is 2.70. The lowest BCUT2D eigenvalue weighted by Gasteiger charge is -2.18. The highest BCUT2D eigenvalue weighted by atomic mass is 79.9. The van der Waals surface area contributed by atoms with Gasteiger partial charge in [-0.1, -0.05) is 22.0 Å². The fraction of sp³-hybridized carbons (Fsp3) is 0.385. The highest BCUT2D eigenvalue weighted by Crippen LogP contribution is 2.27. The topological polar surface area (TPSA) is 40.6 Å². The largest absolute Gasteiger partial charge is 0.349 e. The lowest BCUT2D eigenvalue weighted by molar-refractivity contribution is -0.133. The van der Waals surface area contributed by atoms with Crippen molar-refractivity contribution < 1.29 is 9.59 Å². The zero-order valence-corrected chi connectivity index (χ0v) is 12.0. The molecule has 0 aromatic heterocycles. The van der Waals surface area contributed by atoms with Crippen LogP contribution in [-0.2, 0) is 9.59 Å². The Morgan fingerprint density at radius 3 is 2.78 bits per heavy atom. The van der Waals surface area contributed by atoms with Crippen LogP contribution in [0.15, 0.2) is 28.7 Å². The van der Waals surface area contributed by atoms with Gasteiger partial charge in [0, 0.05) is 37.2 Å². The normalized spacial score (nSPS) is 19.2. The molecule has 1 unspecified atom stereocenters. The minimum Gasteiger partial charge on any atom is -0.349 e. The number of hydrogen-bond donors (Lipinski definition) is 0. The summed E-state index contributed by atoms with van der Waals surface area (Å²) in [6, 6.07) is 7.56. The predicted octanol–water partition coefficient (Wildman–Crippen LogP) is 1.89. The van der Waals surface area contributed by atoms with E-state index in [4.69, 9.17) is 0 Å². The Labute approximate surface area is 115 Å². The van der Waals surface area contributed by atoms with Gasteiger partial charge in [0.25, 0.3) is 0 Å². The van der Waals surface area contributed by atoms with Crippen LogP contribution in [0, 0.1) is 5.92 Å². The molecule has 0 N–H and O–H groups in total. The zero-order chi connectivity index (χ0) is 13.3. The van der Waals surface area contributed by atoms with E-state index in [1.54, 1.807) is 23.9 Å². The van der Waals surface area contributed by atoms with Crippen molar-refractivity contribution in [1.29, 1.82) is 0 Å². The lowest BCUT2D eigenvalue weighted by atomic mass is 10.1. The van der Waals surface area contributed by atoms with Crippen molar-refractivity contribution in [3.63, 3.8) is 0 Å². The van der Waals surface area contributed by atoms with Gasteiger partial charge in [0.15, 0.2) is 0 Å². The summed E-state index contributed by atoms with van der Waals surface area (Å²) in [4.78, 5) is 27.1. The van der Waals surface area contributed by atoms with E-state index >= 15 is 0 Å². The molecule has 0 bridgehead atoms. The van der Waals surface area contributed by atoms with Gasteiger partial charge >= 0.3 is 0 Å². The van der Waals surface area contributed by atoms with Crippen LogP contribution in [0.4, 0.5) is 5.69 Å². The number of amides is 2. The highest BCUT2D eigenvalue weighted by molar-refractivity contribution is 9.10. The molecule has 96 valence electrons. The second kappa shape index (κ2) is 5.10. The fourth-order valence-electron chi connectivity index (χ4n) is 2.13. The first-order chi connectivity index (χ1) is 8.49. The molecule has 1 aromatic carbocycles. The number of hydrogen-bond acceptors (Lipinski definition) is 2. The number of anilines is 1. The Bertz CT molecular complexity index is 488. The molecule has 1 aliphatic rings. The summed E-state index contributed by atoms with van der Waals surface area (Å²) < 4.78 is 0.926. The highest BCUT2D eigenvalue weighted by Gasteiger charge is 2.35. The van der Waals surface area contributed by atoms with Gasteiger partial charge in [-0.3, -0.25) is 9.59 Å². The SMILES string of the molecule is CN(C)C(=O)C1CC(=O)N(c2cccc(Br)c2)C1. The number of halogens is 1. The molecule has 0 aliphatic carbocycles. The molecule has 1 aromatic rings. The van der Waals surface area contributed by atoms with Crippen molar-refractivity contribution in [2.75, 3.05) is 25.5 Å². The van der Waals surface area contributed by atoms with E-state index in [1.165, 1.54) is 0 Å². The van der Waals surface area contributed by atoms with E-state index in [0.717, 1.165) is 10.2 Å². The van der Waals surface area contributed by atoms with Crippen LogP contribution < -0.4 is 4.90 Å². The monoisotopic (exact) mass is 310 g/mol. The quantitative estimate of drug-likeness (QED) is 0.837. The van der Waals surface area contributed by atoms with Crippen molar-refractivity contribution in [3.8, 4) is 0 Å². The molecule has 1 atom stereocenters. The van der Waals surface area contributed by atoms with E-state index in [0.29, 0.717) is 13.0 Å². The Balaban J connectivity index is 2.17. The molecule has 1 saturated heterocycles. The van der Waals surface area contributed by atoms with Gasteiger partial charge in [-0.2, -0.15) is 0 Å². The third-order valence-corrected chi connectivity index (χ3v) is 3.53. The zero-order valence-electron chi connectivity index (χ0n) is 10.4. The summed E-state index contributed by atoms with van der Waals surface area (Å²) in [5.74, 6) is -0.208. The first-order valence-electron chi connectivity index (χ1n) is 5.76. The van der Waals surface area contributed by atoms with Crippen LogP contribution >= 0.6 is 15.9 Å². The van der Waals surface area contributed by atoms with Crippen molar-refractivity contribution in [1.82, 2.24) is 4.90 Å². The van der Waals surface area contributed by atoms with Gasteiger partial charge in [0.1, 0.15) is 0 Å². The molecule has 2 rings (SSSR count). The maximum Gasteiger partial charge on any atom is 0.227 e. The van der Waals surface area contributed by atoms with Crippen LogP contribution in [0.5, 0.6) is 0 Å². The van der Waals surface area contributed by atoms with Gasteiger partial charge in [-0.05, 0) is 18.2 Å². The average molecular weight is 311 g/mol. The molecule has 0 radical (unpaired) electrons. The second-order valence-electron chi connectivity index (χ2n) is 4.62. The molecule has 4 nitrogen and oxygen atoms in total. The van der Waals surface area contributed by atoms with E-state index in [-0.39, 0.29) is 17.7 Å². The van der Waals surface area contributed by atoms with Crippen molar-refractivity contribution in [2.24, 2.45) is 5.92 Å². The molecule has 5 heteroatoms. The maximum atomic E-state index is 12.0. The molecule has 1 fully saturated rings. The third kappa shape index (κ3) is 2.56. The Kier molecular flexibility index (Phi) is 3.71. The Hall–Kier alpha value is -1.36. The van der Waals surface area contributed by atoms with Gasteiger partial charge in [0.05, 0.1) is 5.92 Å². The Morgan fingerprint density at radius 2 is 2.17 bits per heavy atom. The summed E-state index contributed by atoms with van der Waals surface area (Å²) in [6.07, 6.45) is 0.295. The predicted molar refractivity (Wildman–Crippen MR) is 73.3 cm³/mol. The summed E-state index contributed by atoms with van der Waals surface area (Å²) in [6.45, 7) is 0.465. The smallest absolute Gasteiger partial charge is 0.227 e. The first-order valence-corrected chi connectivity index (χ1v) is 6.55. The molecule has 1 heterocycles. The molecule has 18 heavy (non-hydrogen) atoms. The van der Waals surface area contributed by atoms with Crippen LogP contribution in [-0.4, -0.2) is 37.4 Å². The molecular weight excluding hydrogens is 296 g/mol. The second-order valence-corrected chi connectivity index (χ2v) is 5.53. The number of carbonyl (C=O) groups excluding carboxylic acids is 2. The van der Waals surface area contributed by atoms with E-state index in [2.05, 4.69) is 15.9 Å². The standard InChI is InChI=1S/C13H15BrN2O2/c1-15(2)13(18)9-6-12(17)16(8-9)11-5-3-4-10(14)7-11/h3-5,7,9H,6,8H2,1-2H3. The van der Waals surface area contributed by atoms with Gasteiger partial charge in [-0.15, -0.1) is 0 Å². The van der Waals surface area contributed by atoms with Gasteiger partial charge in [-0.25, -0.2) is 0 Å². The van der Waals surface area contributed by atoms with Crippen molar-refractivity contribution in [2.45, 2.75) is 6.42 Å². The molecule has 2 amide bonds. The van der Waals surface area contributed by atoms with E-state index in [1.807, 2.05) is 24.3 Å². The summed E-state index contributed by atoms with van der Waals surface area (Å²) in [5.41, 5.74) is 0.837. The van der Waals surface area contributed by atoms with Crippen LogP contribution in [0.3, 0.4) is 0 Å². The lowest BCUT2D eigenvalue weighted by Crippen LogP contribution is -2.32. The van der Waals surface area contributed by atoms with Crippen LogP contribution in [0.25, 0.3) is 0 Å². The van der Waals surface area contributed by atoms with E-state index in [9.17, 15) is 9.59 Å². The molecule has 1 aliphatic heterocycles.